The number of carbonyl (C=O) groups is 1. The highest BCUT2D eigenvalue weighted by atomic mass is 35.5. The second kappa shape index (κ2) is 7.62. The summed E-state index contributed by atoms with van der Waals surface area (Å²) in [6.07, 6.45) is 0. The van der Waals surface area contributed by atoms with Gasteiger partial charge in [0.15, 0.2) is 0 Å². The number of anilines is 1. The fourth-order valence-corrected chi connectivity index (χ4v) is 3.00. The Labute approximate surface area is 152 Å². The Kier molecular flexibility index (Phi) is 5.30. The minimum atomic E-state index is -0.464. The van der Waals surface area contributed by atoms with Crippen molar-refractivity contribution in [2.75, 3.05) is 5.32 Å². The molecule has 3 rings (SSSR count). The lowest BCUT2D eigenvalue weighted by Gasteiger charge is -2.11. The summed E-state index contributed by atoms with van der Waals surface area (Å²) in [6.45, 7) is 1.74. The number of hydrogen-bond acceptors (Lipinski definition) is 5. The van der Waals surface area contributed by atoms with Crippen molar-refractivity contribution < 1.29 is 9.18 Å². The van der Waals surface area contributed by atoms with Gasteiger partial charge in [-0.25, -0.2) is 4.39 Å². The lowest BCUT2D eigenvalue weighted by molar-refractivity contribution is -0.115. The van der Waals surface area contributed by atoms with Crippen LogP contribution in [0.3, 0.4) is 0 Å². The number of tetrazole rings is 1. The van der Waals surface area contributed by atoms with E-state index in [0.29, 0.717) is 21.6 Å². The number of halogens is 2. The van der Waals surface area contributed by atoms with E-state index in [0.717, 1.165) is 0 Å². The van der Waals surface area contributed by atoms with Gasteiger partial charge in [0.1, 0.15) is 5.82 Å². The SMILES string of the molecule is C[C@@H](Sc1nnnn1-c1cccc(Cl)c1)C(=O)Nc1ccc(F)cc1. The van der Waals surface area contributed by atoms with E-state index in [-0.39, 0.29) is 11.7 Å². The molecule has 1 N–H and O–H groups in total. The van der Waals surface area contributed by atoms with E-state index in [1.807, 2.05) is 6.07 Å². The Bertz CT molecular complexity index is 886. The molecule has 0 saturated heterocycles. The Morgan fingerprint density at radius 3 is 2.76 bits per heavy atom. The van der Waals surface area contributed by atoms with Crippen molar-refractivity contribution in [2.45, 2.75) is 17.3 Å². The normalized spacial score (nSPS) is 12.0. The van der Waals surface area contributed by atoms with Crippen LogP contribution in [-0.2, 0) is 4.79 Å². The van der Waals surface area contributed by atoms with Crippen molar-refractivity contribution >= 4 is 35.0 Å². The number of carbonyl (C=O) groups excluding carboxylic acids is 1. The first-order valence-corrected chi connectivity index (χ1v) is 8.56. The van der Waals surface area contributed by atoms with Crippen molar-refractivity contribution in [2.24, 2.45) is 0 Å². The minimum Gasteiger partial charge on any atom is -0.325 e. The van der Waals surface area contributed by atoms with Crippen LogP contribution in [-0.4, -0.2) is 31.4 Å². The molecule has 3 aromatic rings. The van der Waals surface area contributed by atoms with E-state index in [1.165, 1.54) is 40.7 Å². The summed E-state index contributed by atoms with van der Waals surface area (Å²) < 4.78 is 14.4. The van der Waals surface area contributed by atoms with Crippen LogP contribution in [0.5, 0.6) is 0 Å². The van der Waals surface area contributed by atoms with Gasteiger partial charge in [0.05, 0.1) is 10.9 Å². The lowest BCUT2D eigenvalue weighted by Crippen LogP contribution is -2.22. The summed E-state index contributed by atoms with van der Waals surface area (Å²) in [7, 11) is 0. The molecule has 25 heavy (non-hydrogen) atoms. The predicted molar refractivity (Wildman–Crippen MR) is 94.5 cm³/mol. The Morgan fingerprint density at radius 1 is 1.28 bits per heavy atom. The molecule has 0 spiro atoms. The van der Waals surface area contributed by atoms with E-state index < -0.39 is 5.25 Å². The summed E-state index contributed by atoms with van der Waals surface area (Å²) in [5, 5.41) is 14.8. The number of benzene rings is 2. The average Bonchev–Trinajstić information content (AvgIpc) is 3.05. The maximum atomic E-state index is 12.9. The van der Waals surface area contributed by atoms with E-state index in [2.05, 4.69) is 20.8 Å². The minimum absolute atomic E-state index is 0.239. The van der Waals surface area contributed by atoms with E-state index in [1.54, 1.807) is 25.1 Å². The Hall–Kier alpha value is -2.45. The zero-order valence-electron chi connectivity index (χ0n) is 13.1. The molecule has 128 valence electrons. The fraction of sp³-hybridized carbons (Fsp3) is 0.125. The molecule has 0 radical (unpaired) electrons. The van der Waals surface area contributed by atoms with Crippen LogP contribution in [0.25, 0.3) is 5.69 Å². The Balaban J connectivity index is 1.71. The van der Waals surface area contributed by atoms with Crippen molar-refractivity contribution in [1.82, 2.24) is 20.2 Å². The van der Waals surface area contributed by atoms with Gasteiger partial charge in [-0.15, -0.1) is 5.10 Å². The van der Waals surface area contributed by atoms with Gasteiger partial charge < -0.3 is 5.32 Å². The molecule has 1 aromatic heterocycles. The zero-order chi connectivity index (χ0) is 17.8. The number of hydrogen-bond donors (Lipinski definition) is 1. The first kappa shape index (κ1) is 17.4. The molecule has 1 heterocycles. The number of amides is 1. The van der Waals surface area contributed by atoms with Crippen LogP contribution in [0.1, 0.15) is 6.92 Å². The molecule has 9 heteroatoms. The number of nitrogens with one attached hydrogen (secondary N) is 1. The highest BCUT2D eigenvalue weighted by Gasteiger charge is 2.19. The quantitative estimate of drug-likeness (QED) is 0.688. The van der Waals surface area contributed by atoms with Gasteiger partial charge in [-0.3, -0.25) is 4.79 Å². The predicted octanol–water partition coefficient (Wildman–Crippen LogP) is 3.57. The second-order valence-electron chi connectivity index (χ2n) is 5.11. The smallest absolute Gasteiger partial charge is 0.237 e. The van der Waals surface area contributed by atoms with Gasteiger partial charge in [-0.1, -0.05) is 29.4 Å². The molecule has 0 fully saturated rings. The standard InChI is InChI=1S/C16H13ClFN5OS/c1-10(15(24)19-13-7-5-12(18)6-8-13)25-16-20-21-22-23(16)14-4-2-3-11(17)9-14/h2-10H,1H3,(H,19,24)/t10-/m1/s1. The molecule has 0 unspecified atom stereocenters. The third-order valence-corrected chi connectivity index (χ3v) is 4.52. The van der Waals surface area contributed by atoms with Crippen LogP contribution in [0.2, 0.25) is 5.02 Å². The lowest BCUT2D eigenvalue weighted by atomic mass is 10.3. The maximum absolute atomic E-state index is 12.9. The third kappa shape index (κ3) is 4.34. The number of aromatic nitrogens is 4. The van der Waals surface area contributed by atoms with Crippen molar-refractivity contribution in [3.05, 3.63) is 59.4 Å². The van der Waals surface area contributed by atoms with Gasteiger partial charge in [-0.2, -0.15) is 4.68 Å². The number of thioether (sulfide) groups is 1. The number of rotatable bonds is 5. The summed E-state index contributed by atoms with van der Waals surface area (Å²) in [5.74, 6) is -0.599. The molecule has 0 aliphatic heterocycles. The summed E-state index contributed by atoms with van der Waals surface area (Å²) in [6, 6.07) is 12.7. The van der Waals surface area contributed by atoms with E-state index >= 15 is 0 Å². The topological polar surface area (TPSA) is 72.7 Å². The maximum Gasteiger partial charge on any atom is 0.237 e. The highest BCUT2D eigenvalue weighted by molar-refractivity contribution is 8.00. The fourth-order valence-electron chi connectivity index (χ4n) is 2.01. The summed E-state index contributed by atoms with van der Waals surface area (Å²) in [4.78, 5) is 12.3. The van der Waals surface area contributed by atoms with Crippen molar-refractivity contribution in [3.63, 3.8) is 0 Å². The van der Waals surface area contributed by atoms with Gasteiger partial charge in [0.25, 0.3) is 0 Å². The summed E-state index contributed by atoms with van der Waals surface area (Å²) >= 11 is 7.20. The monoisotopic (exact) mass is 377 g/mol. The van der Waals surface area contributed by atoms with E-state index in [4.69, 9.17) is 11.6 Å². The van der Waals surface area contributed by atoms with Crippen LogP contribution in [0.15, 0.2) is 53.7 Å². The highest BCUT2D eigenvalue weighted by Crippen LogP contribution is 2.25. The largest absolute Gasteiger partial charge is 0.325 e. The summed E-state index contributed by atoms with van der Waals surface area (Å²) in [5.41, 5.74) is 1.22. The van der Waals surface area contributed by atoms with Gasteiger partial charge >= 0.3 is 0 Å². The molecular weight excluding hydrogens is 365 g/mol. The van der Waals surface area contributed by atoms with Gasteiger partial charge in [0, 0.05) is 10.7 Å². The molecule has 1 atom stereocenters. The van der Waals surface area contributed by atoms with Gasteiger partial charge in [0.2, 0.25) is 11.1 Å². The first-order chi connectivity index (χ1) is 12.0. The van der Waals surface area contributed by atoms with Gasteiger partial charge in [-0.05, 0) is 59.8 Å². The molecule has 1 amide bonds. The average molecular weight is 378 g/mol. The molecular formula is C16H13ClFN5OS. The van der Waals surface area contributed by atoms with Crippen molar-refractivity contribution in [1.29, 1.82) is 0 Å². The van der Waals surface area contributed by atoms with Crippen LogP contribution < -0.4 is 5.32 Å². The molecule has 0 saturated carbocycles. The molecule has 0 bridgehead atoms. The first-order valence-electron chi connectivity index (χ1n) is 7.30. The molecule has 2 aromatic carbocycles. The van der Waals surface area contributed by atoms with Crippen LogP contribution >= 0.6 is 23.4 Å². The molecule has 0 aliphatic rings. The molecule has 6 nitrogen and oxygen atoms in total. The third-order valence-electron chi connectivity index (χ3n) is 3.26. The molecule has 0 aliphatic carbocycles. The second-order valence-corrected chi connectivity index (χ2v) is 6.85. The van der Waals surface area contributed by atoms with Crippen LogP contribution in [0, 0.1) is 5.82 Å². The van der Waals surface area contributed by atoms with E-state index in [9.17, 15) is 9.18 Å². The zero-order valence-corrected chi connectivity index (χ0v) is 14.6. The Morgan fingerprint density at radius 2 is 2.04 bits per heavy atom. The van der Waals surface area contributed by atoms with Crippen LogP contribution in [0.4, 0.5) is 10.1 Å². The number of nitrogens with zero attached hydrogens (tertiary/aromatic N) is 4. The van der Waals surface area contributed by atoms with Crippen molar-refractivity contribution in [3.8, 4) is 5.69 Å².